The number of carbonyl (C=O) groups is 1. The van der Waals surface area contributed by atoms with Crippen molar-refractivity contribution >= 4 is 23.2 Å². The zero-order valence-corrected chi connectivity index (χ0v) is 12.9. The van der Waals surface area contributed by atoms with Gasteiger partial charge in [-0.05, 0) is 37.3 Å². The smallest absolute Gasteiger partial charge is 0.265 e. The molecule has 2 rings (SSSR count). The number of benzene rings is 2. The normalized spacial score (nSPS) is 11.6. The van der Waals surface area contributed by atoms with E-state index < -0.39 is 17.8 Å². The SMILES string of the molecule is COc1ccc(Cl)cc1NC(=O)[C@@H](C)Oc1cccc(F)c1. The lowest BCUT2D eigenvalue weighted by molar-refractivity contribution is -0.122. The predicted octanol–water partition coefficient (Wildman–Crippen LogP) is 3.89. The maximum atomic E-state index is 13.1. The Morgan fingerprint density at radius 3 is 2.73 bits per heavy atom. The third kappa shape index (κ3) is 4.11. The number of hydrogen-bond acceptors (Lipinski definition) is 3. The minimum atomic E-state index is -0.814. The Morgan fingerprint density at radius 2 is 2.05 bits per heavy atom. The van der Waals surface area contributed by atoms with E-state index in [-0.39, 0.29) is 5.75 Å². The number of halogens is 2. The molecule has 0 aliphatic rings. The fraction of sp³-hybridized carbons (Fsp3) is 0.188. The van der Waals surface area contributed by atoms with Crippen molar-refractivity contribution in [2.45, 2.75) is 13.0 Å². The van der Waals surface area contributed by atoms with Gasteiger partial charge in [-0.2, -0.15) is 0 Å². The molecule has 116 valence electrons. The van der Waals surface area contributed by atoms with Crippen LogP contribution in [-0.4, -0.2) is 19.1 Å². The van der Waals surface area contributed by atoms with E-state index in [1.54, 1.807) is 31.2 Å². The summed E-state index contributed by atoms with van der Waals surface area (Å²) in [5, 5.41) is 3.14. The monoisotopic (exact) mass is 323 g/mol. The Labute approximate surface area is 132 Å². The summed E-state index contributed by atoms with van der Waals surface area (Å²) in [5.74, 6) is -0.0668. The molecule has 2 aromatic rings. The highest BCUT2D eigenvalue weighted by Crippen LogP contribution is 2.28. The summed E-state index contributed by atoms with van der Waals surface area (Å²) in [5.41, 5.74) is 0.440. The van der Waals surface area contributed by atoms with Crippen molar-refractivity contribution in [2.24, 2.45) is 0 Å². The van der Waals surface area contributed by atoms with Crippen LogP contribution < -0.4 is 14.8 Å². The van der Waals surface area contributed by atoms with Crippen molar-refractivity contribution in [3.63, 3.8) is 0 Å². The Kier molecular flexibility index (Phi) is 5.22. The van der Waals surface area contributed by atoms with Crippen LogP contribution in [-0.2, 0) is 4.79 Å². The highest BCUT2D eigenvalue weighted by atomic mass is 35.5. The maximum Gasteiger partial charge on any atom is 0.265 e. The topological polar surface area (TPSA) is 47.6 Å². The van der Waals surface area contributed by atoms with Crippen LogP contribution in [0, 0.1) is 5.82 Å². The lowest BCUT2D eigenvalue weighted by atomic mass is 10.2. The molecule has 0 unspecified atom stereocenters. The molecule has 6 heteroatoms. The largest absolute Gasteiger partial charge is 0.495 e. The molecular formula is C16H15ClFNO3. The van der Waals surface area contributed by atoms with Gasteiger partial charge in [0.05, 0.1) is 12.8 Å². The van der Waals surface area contributed by atoms with E-state index in [2.05, 4.69) is 5.32 Å². The summed E-state index contributed by atoms with van der Waals surface area (Å²) < 4.78 is 23.7. The van der Waals surface area contributed by atoms with E-state index in [1.165, 1.54) is 25.3 Å². The Hall–Kier alpha value is -2.27. The Bertz CT molecular complexity index is 678. The van der Waals surface area contributed by atoms with Crippen molar-refractivity contribution in [1.82, 2.24) is 0 Å². The standard InChI is InChI=1S/C16H15ClFNO3/c1-10(22-13-5-3-4-12(18)9-13)16(20)19-14-8-11(17)6-7-15(14)21-2/h3-10H,1-2H3,(H,19,20)/t10-/m1/s1. The molecule has 0 bridgehead atoms. The van der Waals surface area contributed by atoms with Crippen molar-refractivity contribution in [3.8, 4) is 11.5 Å². The van der Waals surface area contributed by atoms with Crippen LogP contribution in [0.2, 0.25) is 5.02 Å². The Balaban J connectivity index is 2.07. The van der Waals surface area contributed by atoms with Gasteiger partial charge in [-0.1, -0.05) is 17.7 Å². The number of carbonyl (C=O) groups excluding carboxylic acids is 1. The molecule has 1 amide bonds. The minimum Gasteiger partial charge on any atom is -0.495 e. The number of rotatable bonds is 5. The number of methoxy groups -OCH3 is 1. The molecule has 0 spiro atoms. The second-order valence-electron chi connectivity index (χ2n) is 4.55. The van der Waals surface area contributed by atoms with Crippen LogP contribution in [0.5, 0.6) is 11.5 Å². The number of hydrogen-bond donors (Lipinski definition) is 1. The summed E-state index contributed by atoms with van der Waals surface area (Å²) in [6.45, 7) is 1.57. The van der Waals surface area contributed by atoms with Crippen molar-refractivity contribution in [3.05, 3.63) is 53.3 Å². The summed E-state index contributed by atoms with van der Waals surface area (Å²) >= 11 is 5.90. The van der Waals surface area contributed by atoms with Crippen LogP contribution in [0.3, 0.4) is 0 Å². The van der Waals surface area contributed by atoms with E-state index in [0.29, 0.717) is 16.5 Å². The molecule has 0 aliphatic carbocycles. The zero-order chi connectivity index (χ0) is 16.1. The van der Waals surface area contributed by atoms with E-state index in [9.17, 15) is 9.18 Å². The van der Waals surface area contributed by atoms with Crippen molar-refractivity contribution < 1.29 is 18.7 Å². The van der Waals surface area contributed by atoms with Gasteiger partial charge in [0.2, 0.25) is 0 Å². The summed E-state index contributed by atoms with van der Waals surface area (Å²) in [4.78, 5) is 12.2. The molecule has 1 N–H and O–H groups in total. The molecule has 0 radical (unpaired) electrons. The molecule has 2 aromatic carbocycles. The third-order valence-corrected chi connectivity index (χ3v) is 3.13. The average Bonchev–Trinajstić information content (AvgIpc) is 2.47. The number of ether oxygens (including phenoxy) is 2. The predicted molar refractivity (Wildman–Crippen MR) is 83.1 cm³/mol. The fourth-order valence-electron chi connectivity index (χ4n) is 1.81. The molecule has 0 fully saturated rings. The number of anilines is 1. The van der Waals surface area contributed by atoms with Crippen LogP contribution >= 0.6 is 11.6 Å². The third-order valence-electron chi connectivity index (χ3n) is 2.90. The second kappa shape index (κ2) is 7.13. The van der Waals surface area contributed by atoms with Gasteiger partial charge in [0, 0.05) is 11.1 Å². The summed E-state index contributed by atoms with van der Waals surface area (Å²) in [6.07, 6.45) is -0.814. The highest BCUT2D eigenvalue weighted by Gasteiger charge is 2.17. The molecular weight excluding hydrogens is 309 g/mol. The van der Waals surface area contributed by atoms with E-state index in [1.807, 2.05) is 0 Å². The van der Waals surface area contributed by atoms with E-state index in [0.717, 1.165) is 0 Å². The summed E-state index contributed by atoms with van der Waals surface area (Å²) in [6, 6.07) is 10.5. The fourth-order valence-corrected chi connectivity index (χ4v) is 1.98. The van der Waals surface area contributed by atoms with Crippen LogP contribution in [0.25, 0.3) is 0 Å². The molecule has 1 atom stereocenters. The zero-order valence-electron chi connectivity index (χ0n) is 12.1. The lowest BCUT2D eigenvalue weighted by Gasteiger charge is -2.16. The molecule has 0 aliphatic heterocycles. The first-order valence-electron chi connectivity index (χ1n) is 6.56. The quantitative estimate of drug-likeness (QED) is 0.908. The van der Waals surface area contributed by atoms with E-state index >= 15 is 0 Å². The number of amides is 1. The van der Waals surface area contributed by atoms with Gasteiger partial charge in [-0.25, -0.2) is 4.39 Å². The van der Waals surface area contributed by atoms with Gasteiger partial charge in [0.25, 0.3) is 5.91 Å². The van der Waals surface area contributed by atoms with Gasteiger partial charge < -0.3 is 14.8 Å². The number of nitrogens with one attached hydrogen (secondary N) is 1. The summed E-state index contributed by atoms with van der Waals surface area (Å²) in [7, 11) is 1.49. The lowest BCUT2D eigenvalue weighted by Crippen LogP contribution is -2.30. The molecule has 0 heterocycles. The van der Waals surface area contributed by atoms with Crippen molar-refractivity contribution in [1.29, 1.82) is 0 Å². The van der Waals surface area contributed by atoms with Crippen LogP contribution in [0.15, 0.2) is 42.5 Å². The maximum absolute atomic E-state index is 13.1. The van der Waals surface area contributed by atoms with Gasteiger partial charge >= 0.3 is 0 Å². The van der Waals surface area contributed by atoms with Gasteiger partial charge in [-0.15, -0.1) is 0 Å². The molecule has 0 saturated carbocycles. The molecule has 4 nitrogen and oxygen atoms in total. The first kappa shape index (κ1) is 16.1. The van der Waals surface area contributed by atoms with Gasteiger partial charge in [0.1, 0.15) is 17.3 Å². The van der Waals surface area contributed by atoms with Gasteiger partial charge in [-0.3, -0.25) is 4.79 Å². The highest BCUT2D eigenvalue weighted by molar-refractivity contribution is 6.31. The molecule has 0 aromatic heterocycles. The van der Waals surface area contributed by atoms with E-state index in [4.69, 9.17) is 21.1 Å². The van der Waals surface area contributed by atoms with Crippen molar-refractivity contribution in [2.75, 3.05) is 12.4 Å². The molecule has 22 heavy (non-hydrogen) atoms. The Morgan fingerprint density at radius 1 is 1.27 bits per heavy atom. The minimum absolute atomic E-state index is 0.278. The van der Waals surface area contributed by atoms with Crippen LogP contribution in [0.4, 0.5) is 10.1 Å². The first-order chi connectivity index (χ1) is 10.5. The second-order valence-corrected chi connectivity index (χ2v) is 4.99. The first-order valence-corrected chi connectivity index (χ1v) is 6.94. The van der Waals surface area contributed by atoms with Gasteiger partial charge in [0.15, 0.2) is 6.10 Å². The molecule has 0 saturated heterocycles. The van der Waals surface area contributed by atoms with Crippen LogP contribution in [0.1, 0.15) is 6.92 Å². The average molecular weight is 324 g/mol.